The van der Waals surface area contributed by atoms with Crippen LogP contribution in [0.4, 0.5) is 17.5 Å². The second-order valence-electron chi connectivity index (χ2n) is 8.23. The molecule has 1 heterocycles. The first-order valence-electron chi connectivity index (χ1n) is 10.8. The predicted molar refractivity (Wildman–Crippen MR) is 128 cm³/mol. The quantitative estimate of drug-likeness (QED) is 0.473. The fourth-order valence-electron chi connectivity index (χ4n) is 4.07. The second kappa shape index (κ2) is 9.70. The Morgan fingerprint density at radius 2 is 1.75 bits per heavy atom. The molecule has 0 amide bonds. The predicted octanol–water partition coefficient (Wildman–Crippen LogP) is 3.90. The summed E-state index contributed by atoms with van der Waals surface area (Å²) in [7, 11) is -1.51. The molecule has 9 heteroatoms. The zero-order valence-corrected chi connectivity index (χ0v) is 19.2. The molecule has 0 atom stereocenters. The molecular weight excluding hydrogens is 426 g/mol. The van der Waals surface area contributed by atoms with E-state index in [1.807, 2.05) is 48.5 Å². The molecule has 8 nitrogen and oxygen atoms in total. The van der Waals surface area contributed by atoms with Crippen LogP contribution < -0.4 is 20.1 Å². The normalized spacial score (nSPS) is 18.9. The van der Waals surface area contributed by atoms with Gasteiger partial charge in [0.25, 0.3) is 0 Å². The molecule has 0 spiro atoms. The van der Waals surface area contributed by atoms with Gasteiger partial charge in [-0.1, -0.05) is 24.3 Å². The maximum atomic E-state index is 11.3. The number of hydrogen-bond acceptors (Lipinski definition) is 7. The summed E-state index contributed by atoms with van der Waals surface area (Å²) in [4.78, 5) is 9.52. The fraction of sp³-hybridized carbons (Fsp3) is 0.391. The summed E-state index contributed by atoms with van der Waals surface area (Å²) in [6.45, 7) is 0.500. The van der Waals surface area contributed by atoms with Crippen LogP contribution in [0.1, 0.15) is 25.7 Å². The van der Waals surface area contributed by atoms with E-state index in [0.717, 1.165) is 42.3 Å². The molecular formula is C23H29N5O3S. The lowest BCUT2D eigenvalue weighted by molar-refractivity contribution is 0.337. The second-order valence-corrected chi connectivity index (χ2v) is 10.1. The number of nitrogens with one attached hydrogen (secondary N) is 3. The maximum absolute atomic E-state index is 11.3. The first-order chi connectivity index (χ1) is 15.4. The van der Waals surface area contributed by atoms with Crippen molar-refractivity contribution in [2.45, 2.75) is 31.7 Å². The Labute approximate surface area is 188 Å². The Morgan fingerprint density at radius 3 is 2.44 bits per heavy atom. The van der Waals surface area contributed by atoms with Crippen molar-refractivity contribution in [2.75, 3.05) is 30.5 Å². The molecule has 0 radical (unpaired) electrons. The molecule has 1 aliphatic rings. The van der Waals surface area contributed by atoms with Gasteiger partial charge in [0.15, 0.2) is 0 Å². The van der Waals surface area contributed by atoms with E-state index in [0.29, 0.717) is 30.0 Å². The van der Waals surface area contributed by atoms with E-state index in [4.69, 9.17) is 14.7 Å². The van der Waals surface area contributed by atoms with Gasteiger partial charge in [-0.2, -0.15) is 4.98 Å². The van der Waals surface area contributed by atoms with E-state index in [1.165, 1.54) is 6.26 Å². The number of methoxy groups -OCH3 is 1. The first-order valence-corrected chi connectivity index (χ1v) is 12.7. The summed E-state index contributed by atoms with van der Waals surface area (Å²) in [5, 5.41) is 7.77. The van der Waals surface area contributed by atoms with Gasteiger partial charge >= 0.3 is 0 Å². The lowest BCUT2D eigenvalue weighted by Gasteiger charge is -2.29. The van der Waals surface area contributed by atoms with Crippen LogP contribution in [0.15, 0.2) is 48.5 Å². The SMILES string of the molecule is COc1cccc2c(Nc3ccccc3)nc(NC3CCC(CNS(C)(=O)=O)CC3)nc12. The number of aromatic nitrogens is 2. The maximum Gasteiger partial charge on any atom is 0.225 e. The largest absolute Gasteiger partial charge is 0.494 e. The number of nitrogens with zero attached hydrogens (tertiary/aromatic N) is 2. The summed E-state index contributed by atoms with van der Waals surface area (Å²) >= 11 is 0. The van der Waals surface area contributed by atoms with Gasteiger partial charge in [-0.3, -0.25) is 0 Å². The molecule has 1 aromatic heterocycles. The summed E-state index contributed by atoms with van der Waals surface area (Å²) < 4.78 is 30.9. The summed E-state index contributed by atoms with van der Waals surface area (Å²) in [5.41, 5.74) is 1.69. The zero-order valence-electron chi connectivity index (χ0n) is 18.3. The molecule has 1 fully saturated rings. The van der Waals surface area contributed by atoms with Crippen LogP contribution in [0.5, 0.6) is 5.75 Å². The van der Waals surface area contributed by atoms with Gasteiger partial charge in [-0.15, -0.1) is 0 Å². The van der Waals surface area contributed by atoms with Crippen molar-refractivity contribution >= 4 is 38.4 Å². The monoisotopic (exact) mass is 455 g/mol. The third-order valence-corrected chi connectivity index (χ3v) is 6.45. The molecule has 170 valence electrons. The average molecular weight is 456 g/mol. The highest BCUT2D eigenvalue weighted by molar-refractivity contribution is 7.88. The van der Waals surface area contributed by atoms with E-state index in [-0.39, 0.29) is 6.04 Å². The number of rotatable bonds is 8. The van der Waals surface area contributed by atoms with Crippen molar-refractivity contribution in [3.8, 4) is 5.75 Å². The number of ether oxygens (including phenoxy) is 1. The first kappa shape index (κ1) is 22.3. The Bertz CT molecular complexity index is 1160. The topological polar surface area (TPSA) is 105 Å². The van der Waals surface area contributed by atoms with Crippen LogP contribution in [0.25, 0.3) is 10.9 Å². The highest BCUT2D eigenvalue weighted by Gasteiger charge is 2.23. The number of sulfonamides is 1. The minimum atomic E-state index is -3.15. The van der Waals surface area contributed by atoms with E-state index in [9.17, 15) is 8.42 Å². The van der Waals surface area contributed by atoms with Crippen LogP contribution >= 0.6 is 0 Å². The van der Waals surface area contributed by atoms with Crippen molar-refractivity contribution in [1.29, 1.82) is 0 Å². The van der Waals surface area contributed by atoms with Crippen LogP contribution in [-0.4, -0.2) is 44.3 Å². The van der Waals surface area contributed by atoms with Crippen molar-refractivity contribution in [3.63, 3.8) is 0 Å². The van der Waals surface area contributed by atoms with Gasteiger partial charge in [0.1, 0.15) is 17.1 Å². The summed E-state index contributed by atoms with van der Waals surface area (Å²) in [5.74, 6) is 2.32. The fourth-order valence-corrected chi connectivity index (χ4v) is 4.61. The van der Waals surface area contributed by atoms with E-state index >= 15 is 0 Å². The molecule has 2 aromatic carbocycles. The van der Waals surface area contributed by atoms with Gasteiger partial charge in [0.2, 0.25) is 16.0 Å². The van der Waals surface area contributed by atoms with E-state index in [1.54, 1.807) is 7.11 Å². The Hall–Kier alpha value is -2.91. The molecule has 4 rings (SSSR count). The highest BCUT2D eigenvalue weighted by Crippen LogP contribution is 2.32. The molecule has 3 aromatic rings. The molecule has 0 unspecified atom stereocenters. The van der Waals surface area contributed by atoms with Crippen molar-refractivity contribution in [1.82, 2.24) is 14.7 Å². The number of para-hydroxylation sites is 2. The van der Waals surface area contributed by atoms with Gasteiger partial charge in [0, 0.05) is 23.7 Å². The standard InChI is InChI=1S/C23H29N5O3S/c1-31-20-10-6-9-19-21(20)27-23(28-22(19)25-17-7-4-3-5-8-17)26-18-13-11-16(12-14-18)15-24-32(2,29)30/h3-10,16,18,24H,11-15H2,1-2H3,(H2,25,26,27,28). The molecule has 3 N–H and O–H groups in total. The van der Waals surface area contributed by atoms with Gasteiger partial charge in [-0.25, -0.2) is 18.1 Å². The Kier molecular flexibility index (Phi) is 6.76. The average Bonchev–Trinajstić information content (AvgIpc) is 2.78. The number of hydrogen-bond donors (Lipinski definition) is 3. The third-order valence-electron chi connectivity index (χ3n) is 5.76. The Balaban J connectivity index is 1.53. The lowest BCUT2D eigenvalue weighted by atomic mass is 9.86. The third kappa shape index (κ3) is 5.66. The number of fused-ring (bicyclic) bond motifs is 1. The minimum Gasteiger partial charge on any atom is -0.494 e. The van der Waals surface area contributed by atoms with E-state index < -0.39 is 10.0 Å². The molecule has 1 saturated carbocycles. The Morgan fingerprint density at radius 1 is 1.00 bits per heavy atom. The zero-order chi connectivity index (χ0) is 22.6. The lowest BCUT2D eigenvalue weighted by Crippen LogP contribution is -2.33. The highest BCUT2D eigenvalue weighted by atomic mass is 32.2. The van der Waals surface area contributed by atoms with Crippen molar-refractivity contribution < 1.29 is 13.2 Å². The van der Waals surface area contributed by atoms with Gasteiger partial charge in [-0.05, 0) is 55.9 Å². The smallest absolute Gasteiger partial charge is 0.225 e. The van der Waals surface area contributed by atoms with E-state index in [2.05, 4.69) is 15.4 Å². The van der Waals surface area contributed by atoms with Gasteiger partial charge < -0.3 is 15.4 Å². The number of anilines is 3. The van der Waals surface area contributed by atoms with Crippen molar-refractivity contribution in [2.24, 2.45) is 5.92 Å². The number of benzene rings is 2. The van der Waals surface area contributed by atoms with Gasteiger partial charge in [0.05, 0.1) is 13.4 Å². The van der Waals surface area contributed by atoms with Crippen LogP contribution in [0.3, 0.4) is 0 Å². The van der Waals surface area contributed by atoms with Crippen LogP contribution in [0, 0.1) is 5.92 Å². The molecule has 0 saturated heterocycles. The molecule has 0 bridgehead atoms. The molecule has 1 aliphatic carbocycles. The summed E-state index contributed by atoms with van der Waals surface area (Å²) in [6.07, 6.45) is 4.97. The van der Waals surface area contributed by atoms with Crippen LogP contribution in [0.2, 0.25) is 0 Å². The molecule has 0 aliphatic heterocycles. The van der Waals surface area contributed by atoms with Crippen molar-refractivity contribution in [3.05, 3.63) is 48.5 Å². The molecule has 32 heavy (non-hydrogen) atoms. The van der Waals surface area contributed by atoms with Crippen LogP contribution in [-0.2, 0) is 10.0 Å². The summed E-state index contributed by atoms with van der Waals surface area (Å²) in [6, 6.07) is 15.9. The minimum absolute atomic E-state index is 0.237.